The minimum Gasteiger partial charge on any atom is -0.480 e. The molecule has 104 valence electrons. The fraction of sp³-hybridized carbons (Fsp3) is 0.714. The van der Waals surface area contributed by atoms with E-state index in [0.29, 0.717) is 11.8 Å². The van der Waals surface area contributed by atoms with Crippen molar-refractivity contribution in [3.8, 4) is 0 Å². The quantitative estimate of drug-likeness (QED) is 0.925. The molecule has 1 aromatic rings. The van der Waals surface area contributed by atoms with Crippen LogP contribution in [0, 0.1) is 18.8 Å². The van der Waals surface area contributed by atoms with Gasteiger partial charge in [0.15, 0.2) is 0 Å². The maximum Gasteiger partial charge on any atom is 0.321 e. The number of aromatic nitrogens is 1. The molecule has 0 radical (unpaired) electrons. The van der Waals surface area contributed by atoms with Crippen LogP contribution in [-0.2, 0) is 4.79 Å². The number of carbonyl (C=O) groups is 1. The summed E-state index contributed by atoms with van der Waals surface area (Å²) >= 11 is 1.64. The van der Waals surface area contributed by atoms with Crippen molar-refractivity contribution in [1.29, 1.82) is 0 Å². The van der Waals surface area contributed by atoms with Crippen LogP contribution >= 0.6 is 11.3 Å². The summed E-state index contributed by atoms with van der Waals surface area (Å²) in [6.45, 7) is 5.00. The van der Waals surface area contributed by atoms with E-state index < -0.39 is 5.97 Å². The van der Waals surface area contributed by atoms with Gasteiger partial charge in [-0.2, -0.15) is 0 Å². The van der Waals surface area contributed by atoms with Crippen LogP contribution in [0.4, 0.5) is 0 Å². The molecule has 2 aliphatic rings. The van der Waals surface area contributed by atoms with Crippen molar-refractivity contribution in [3.63, 3.8) is 0 Å². The van der Waals surface area contributed by atoms with Gasteiger partial charge in [0.2, 0.25) is 0 Å². The fourth-order valence-electron chi connectivity index (χ4n) is 3.80. The molecule has 5 heteroatoms. The smallest absolute Gasteiger partial charge is 0.321 e. The second kappa shape index (κ2) is 4.87. The predicted octanol–water partition coefficient (Wildman–Crippen LogP) is 2.70. The lowest BCUT2D eigenvalue weighted by Crippen LogP contribution is -2.41. The van der Waals surface area contributed by atoms with E-state index in [1.807, 2.05) is 6.92 Å². The lowest BCUT2D eigenvalue weighted by atomic mass is 9.94. The van der Waals surface area contributed by atoms with E-state index in [-0.39, 0.29) is 12.1 Å². The van der Waals surface area contributed by atoms with Crippen molar-refractivity contribution in [2.75, 3.05) is 6.54 Å². The molecular formula is C14H20N2O2S. The molecule has 1 aromatic heterocycles. The lowest BCUT2D eigenvalue weighted by Gasteiger charge is -2.29. The SMILES string of the molecule is Cc1nc(C(C)N2CC3CCCC3C2C(=O)O)cs1. The highest BCUT2D eigenvalue weighted by atomic mass is 32.1. The second-order valence-electron chi connectivity index (χ2n) is 5.80. The van der Waals surface area contributed by atoms with Crippen LogP contribution in [0.5, 0.6) is 0 Å². The fourth-order valence-corrected chi connectivity index (χ4v) is 4.50. The van der Waals surface area contributed by atoms with Gasteiger partial charge in [-0.1, -0.05) is 6.42 Å². The Labute approximate surface area is 117 Å². The summed E-state index contributed by atoms with van der Waals surface area (Å²) in [7, 11) is 0. The van der Waals surface area contributed by atoms with Gasteiger partial charge in [0.25, 0.3) is 0 Å². The van der Waals surface area contributed by atoms with Gasteiger partial charge in [0.05, 0.1) is 16.7 Å². The molecule has 2 heterocycles. The van der Waals surface area contributed by atoms with Gasteiger partial charge in [-0.05, 0) is 38.5 Å². The first-order valence-corrected chi connectivity index (χ1v) is 7.86. The van der Waals surface area contributed by atoms with E-state index in [0.717, 1.165) is 23.7 Å². The molecule has 1 N–H and O–H groups in total. The van der Waals surface area contributed by atoms with Gasteiger partial charge in [0.1, 0.15) is 6.04 Å². The number of likely N-dealkylation sites (tertiary alicyclic amines) is 1. The number of aryl methyl sites for hydroxylation is 1. The zero-order valence-corrected chi connectivity index (χ0v) is 12.2. The zero-order chi connectivity index (χ0) is 13.6. The van der Waals surface area contributed by atoms with Gasteiger partial charge < -0.3 is 5.11 Å². The molecule has 0 aromatic carbocycles. The van der Waals surface area contributed by atoms with Crippen LogP contribution in [0.25, 0.3) is 0 Å². The minimum atomic E-state index is -0.659. The standard InChI is InChI=1S/C14H20N2O2S/c1-8(12-7-19-9(2)15-12)16-6-10-4-3-5-11(10)13(16)14(17)18/h7-8,10-11,13H,3-6H2,1-2H3,(H,17,18). The first-order chi connectivity index (χ1) is 9.08. The molecule has 19 heavy (non-hydrogen) atoms. The molecule has 1 saturated carbocycles. The summed E-state index contributed by atoms with van der Waals surface area (Å²) < 4.78 is 0. The van der Waals surface area contributed by atoms with E-state index in [4.69, 9.17) is 0 Å². The summed E-state index contributed by atoms with van der Waals surface area (Å²) in [5.41, 5.74) is 1.02. The van der Waals surface area contributed by atoms with Crippen molar-refractivity contribution in [1.82, 2.24) is 9.88 Å². The van der Waals surface area contributed by atoms with Crippen LogP contribution in [-0.4, -0.2) is 33.5 Å². The van der Waals surface area contributed by atoms with Gasteiger partial charge >= 0.3 is 5.97 Å². The van der Waals surface area contributed by atoms with Crippen LogP contribution in [0.15, 0.2) is 5.38 Å². The molecule has 0 bridgehead atoms. The second-order valence-corrected chi connectivity index (χ2v) is 6.86. The van der Waals surface area contributed by atoms with Crippen LogP contribution < -0.4 is 0 Å². The number of carboxylic acid groups (broad SMARTS) is 1. The van der Waals surface area contributed by atoms with Gasteiger partial charge in [-0.3, -0.25) is 9.69 Å². The van der Waals surface area contributed by atoms with Crippen molar-refractivity contribution in [2.45, 2.75) is 45.2 Å². The van der Waals surface area contributed by atoms with Gasteiger partial charge in [0, 0.05) is 11.9 Å². The maximum absolute atomic E-state index is 11.6. The molecule has 2 fully saturated rings. The zero-order valence-electron chi connectivity index (χ0n) is 11.4. The average Bonchev–Trinajstić information content (AvgIpc) is 3.00. The highest BCUT2D eigenvalue weighted by Gasteiger charge is 2.49. The van der Waals surface area contributed by atoms with Crippen molar-refractivity contribution in [3.05, 3.63) is 16.1 Å². The summed E-state index contributed by atoms with van der Waals surface area (Å²) in [6, 6.07) is -0.207. The topological polar surface area (TPSA) is 53.4 Å². The number of hydrogen-bond donors (Lipinski definition) is 1. The Hall–Kier alpha value is -0.940. The normalized spacial score (nSPS) is 32.4. The average molecular weight is 280 g/mol. The maximum atomic E-state index is 11.6. The highest BCUT2D eigenvalue weighted by molar-refractivity contribution is 7.09. The van der Waals surface area contributed by atoms with Crippen molar-refractivity contribution >= 4 is 17.3 Å². The van der Waals surface area contributed by atoms with Crippen molar-refractivity contribution in [2.24, 2.45) is 11.8 Å². The van der Waals surface area contributed by atoms with Crippen LogP contribution in [0.2, 0.25) is 0 Å². The molecule has 1 aliphatic carbocycles. The van der Waals surface area contributed by atoms with E-state index >= 15 is 0 Å². The number of hydrogen-bond acceptors (Lipinski definition) is 4. The number of thiazole rings is 1. The first-order valence-electron chi connectivity index (χ1n) is 6.98. The number of aliphatic carboxylic acids is 1. The number of carboxylic acids is 1. The Morgan fingerprint density at radius 2 is 2.37 bits per heavy atom. The molecule has 0 amide bonds. The molecule has 0 spiro atoms. The molecular weight excluding hydrogens is 260 g/mol. The van der Waals surface area contributed by atoms with E-state index in [1.165, 1.54) is 12.8 Å². The largest absolute Gasteiger partial charge is 0.480 e. The third-order valence-electron chi connectivity index (χ3n) is 4.74. The molecule has 4 unspecified atom stereocenters. The minimum absolute atomic E-state index is 0.108. The Morgan fingerprint density at radius 1 is 1.58 bits per heavy atom. The number of nitrogens with zero attached hydrogens (tertiary/aromatic N) is 2. The molecule has 4 atom stereocenters. The molecule has 4 nitrogen and oxygen atoms in total. The predicted molar refractivity (Wildman–Crippen MR) is 74.2 cm³/mol. The molecule has 3 rings (SSSR count). The number of fused-ring (bicyclic) bond motifs is 1. The van der Waals surface area contributed by atoms with Crippen LogP contribution in [0.1, 0.15) is 42.9 Å². The third-order valence-corrected chi connectivity index (χ3v) is 5.53. The third kappa shape index (κ3) is 2.19. The molecule has 1 saturated heterocycles. The Morgan fingerprint density at radius 3 is 3.00 bits per heavy atom. The van der Waals surface area contributed by atoms with Crippen molar-refractivity contribution < 1.29 is 9.90 Å². The summed E-state index contributed by atoms with van der Waals surface area (Å²) in [6.07, 6.45) is 3.45. The van der Waals surface area contributed by atoms with Gasteiger partial charge in [-0.15, -0.1) is 11.3 Å². The monoisotopic (exact) mass is 280 g/mol. The lowest BCUT2D eigenvalue weighted by molar-refractivity contribution is -0.144. The highest BCUT2D eigenvalue weighted by Crippen LogP contribution is 2.45. The van der Waals surface area contributed by atoms with Crippen LogP contribution in [0.3, 0.4) is 0 Å². The van der Waals surface area contributed by atoms with E-state index in [1.54, 1.807) is 11.3 Å². The summed E-state index contributed by atoms with van der Waals surface area (Å²) in [5, 5.41) is 12.7. The van der Waals surface area contributed by atoms with Gasteiger partial charge in [-0.25, -0.2) is 4.98 Å². The number of rotatable bonds is 3. The summed E-state index contributed by atoms with van der Waals surface area (Å²) in [4.78, 5) is 18.3. The first kappa shape index (κ1) is 13.1. The van der Waals surface area contributed by atoms with E-state index in [2.05, 4.69) is 22.2 Å². The Kier molecular flexibility index (Phi) is 3.35. The Balaban J connectivity index is 1.85. The molecule has 1 aliphatic heterocycles. The van der Waals surface area contributed by atoms with E-state index in [9.17, 15) is 9.90 Å². The Bertz CT molecular complexity index is 488. The summed E-state index contributed by atoms with van der Waals surface area (Å²) in [5.74, 6) is 0.260.